The first-order chi connectivity index (χ1) is 15.4. The van der Waals surface area contributed by atoms with Crippen molar-refractivity contribution in [2.24, 2.45) is 5.73 Å². The molecule has 3 rings (SSSR count). The summed E-state index contributed by atoms with van der Waals surface area (Å²) in [6.45, 7) is 0. The van der Waals surface area contributed by atoms with E-state index in [4.69, 9.17) is 15.7 Å². The fourth-order valence-electron chi connectivity index (χ4n) is 2.78. The molecule has 0 radical (unpaired) electrons. The van der Waals surface area contributed by atoms with Crippen LogP contribution in [0.5, 0.6) is 0 Å². The number of anilines is 1. The molecule has 33 heavy (non-hydrogen) atoms. The molecular weight excluding hydrogens is 453 g/mol. The smallest absolute Gasteiger partial charge is 0.336 e. The van der Waals surface area contributed by atoms with Gasteiger partial charge in [0.2, 0.25) is 0 Å². The number of hydrogen-bond acceptors (Lipinski definition) is 5. The second-order valence-corrected chi connectivity index (χ2v) is 8.18. The van der Waals surface area contributed by atoms with Crippen LogP contribution < -0.4 is 11.1 Å². The van der Waals surface area contributed by atoms with Crippen LogP contribution in [0.3, 0.4) is 0 Å². The molecule has 0 aliphatic rings. The number of carbonyl (C=O) groups excluding carboxylic acids is 1. The fourth-order valence-corrected chi connectivity index (χ4v) is 2.78. The Morgan fingerprint density at radius 1 is 0.970 bits per heavy atom. The molecule has 0 heterocycles. The number of benzene rings is 3. The molecule has 1 amide bonds. The van der Waals surface area contributed by atoms with E-state index in [0.717, 1.165) is 6.07 Å². The molecule has 172 valence electrons. The van der Waals surface area contributed by atoms with Crippen LogP contribution in [0.25, 0.3) is 11.1 Å². The third-order valence-electron chi connectivity index (χ3n) is 4.13. The Balaban J connectivity index is 0.000000696. The van der Waals surface area contributed by atoms with Crippen LogP contribution in [0.2, 0.25) is 0 Å². The van der Waals surface area contributed by atoms with Crippen molar-refractivity contribution in [1.82, 2.24) is 0 Å². The van der Waals surface area contributed by atoms with Gasteiger partial charge in [0, 0.05) is 11.3 Å². The lowest BCUT2D eigenvalue weighted by Gasteiger charge is -2.13. The first-order valence-electron chi connectivity index (χ1n) is 9.17. The van der Waals surface area contributed by atoms with Crippen LogP contribution in [0, 0.1) is 11.2 Å². The first kappa shape index (κ1) is 25.2. The van der Waals surface area contributed by atoms with Gasteiger partial charge in [-0.15, -0.1) is 0 Å². The molecule has 0 fully saturated rings. The van der Waals surface area contributed by atoms with E-state index in [1.165, 1.54) is 18.2 Å². The van der Waals surface area contributed by atoms with Crippen molar-refractivity contribution < 1.29 is 32.1 Å². The standard InChI is InChI=1S/C21H16FN3O3.CH4O3S/c22-13-7-10-16(15-3-1-2-4-17(15)21(27)28)18(11-13)20(26)25-14-8-5-12(6-9-14)19(23)24;1-5(2,3)4/h1-11H,(H3,23,24)(H,25,26)(H,27,28);1H3,(H,2,3,4). The fraction of sp³-hybridized carbons (Fsp3) is 0.0455. The predicted molar refractivity (Wildman–Crippen MR) is 122 cm³/mol. The van der Waals surface area contributed by atoms with E-state index in [2.05, 4.69) is 5.32 Å². The summed E-state index contributed by atoms with van der Waals surface area (Å²) < 4.78 is 39.7. The highest BCUT2D eigenvalue weighted by molar-refractivity contribution is 7.85. The van der Waals surface area contributed by atoms with Gasteiger partial charge in [-0.05, 0) is 53.6 Å². The third-order valence-corrected chi connectivity index (χ3v) is 4.13. The number of carboxylic acids is 1. The number of carbonyl (C=O) groups is 2. The van der Waals surface area contributed by atoms with Gasteiger partial charge < -0.3 is 16.2 Å². The van der Waals surface area contributed by atoms with E-state index >= 15 is 0 Å². The van der Waals surface area contributed by atoms with Gasteiger partial charge in [-0.3, -0.25) is 14.8 Å². The van der Waals surface area contributed by atoms with Crippen molar-refractivity contribution in [1.29, 1.82) is 5.41 Å². The molecule has 3 aromatic rings. The lowest BCUT2D eigenvalue weighted by Crippen LogP contribution is -2.15. The minimum absolute atomic E-state index is 0.00402. The maximum atomic E-state index is 13.8. The van der Waals surface area contributed by atoms with Gasteiger partial charge in [0.25, 0.3) is 16.0 Å². The summed E-state index contributed by atoms with van der Waals surface area (Å²) in [5.41, 5.74) is 6.96. The van der Waals surface area contributed by atoms with Gasteiger partial charge in [-0.25, -0.2) is 9.18 Å². The van der Waals surface area contributed by atoms with Gasteiger partial charge in [0.15, 0.2) is 0 Å². The number of amides is 1. The van der Waals surface area contributed by atoms with Crippen LogP contribution in [0.15, 0.2) is 66.7 Å². The third kappa shape index (κ3) is 7.52. The molecule has 0 atom stereocenters. The quantitative estimate of drug-likeness (QED) is 0.215. The maximum Gasteiger partial charge on any atom is 0.336 e. The summed E-state index contributed by atoms with van der Waals surface area (Å²) in [4.78, 5) is 24.3. The van der Waals surface area contributed by atoms with E-state index in [1.807, 2.05) is 0 Å². The average molecular weight is 473 g/mol. The predicted octanol–water partition coefficient (Wildman–Crippen LogP) is 3.23. The summed E-state index contributed by atoms with van der Waals surface area (Å²) in [7, 11) is -3.67. The number of nitrogens with one attached hydrogen (secondary N) is 2. The SMILES string of the molecule is CS(=O)(=O)O.N=C(N)c1ccc(NC(=O)c2cc(F)ccc2-c2ccccc2C(=O)O)cc1. The number of nitrogens with two attached hydrogens (primary N) is 1. The molecule has 0 saturated carbocycles. The number of aromatic carboxylic acids is 1. The zero-order chi connectivity index (χ0) is 24.8. The van der Waals surface area contributed by atoms with Gasteiger partial charge in [-0.2, -0.15) is 8.42 Å². The van der Waals surface area contributed by atoms with E-state index in [0.29, 0.717) is 28.6 Å². The maximum absolute atomic E-state index is 13.8. The number of nitrogen functional groups attached to an aromatic ring is 1. The summed E-state index contributed by atoms with van der Waals surface area (Å²) >= 11 is 0. The largest absolute Gasteiger partial charge is 0.478 e. The van der Waals surface area contributed by atoms with Crippen molar-refractivity contribution in [3.63, 3.8) is 0 Å². The molecule has 0 saturated heterocycles. The zero-order valence-corrected chi connectivity index (χ0v) is 18.1. The molecule has 0 bridgehead atoms. The minimum atomic E-state index is -3.67. The van der Waals surface area contributed by atoms with Gasteiger partial charge in [0.1, 0.15) is 11.7 Å². The highest BCUT2D eigenvalue weighted by atomic mass is 32.2. The van der Waals surface area contributed by atoms with Crippen LogP contribution >= 0.6 is 0 Å². The molecule has 0 unspecified atom stereocenters. The molecule has 0 aliphatic heterocycles. The second-order valence-electron chi connectivity index (χ2n) is 6.72. The highest BCUT2D eigenvalue weighted by Gasteiger charge is 2.19. The number of rotatable bonds is 5. The molecule has 0 aliphatic carbocycles. The Morgan fingerprint density at radius 2 is 1.52 bits per heavy atom. The average Bonchev–Trinajstić information content (AvgIpc) is 2.73. The minimum Gasteiger partial charge on any atom is -0.478 e. The summed E-state index contributed by atoms with van der Waals surface area (Å²) in [5, 5.41) is 19.4. The summed E-state index contributed by atoms with van der Waals surface area (Å²) in [6, 6.07) is 16.1. The molecule has 0 aromatic heterocycles. The number of hydrogen-bond donors (Lipinski definition) is 5. The topological polar surface area (TPSA) is 171 Å². The monoisotopic (exact) mass is 473 g/mol. The molecule has 0 spiro atoms. The summed E-state index contributed by atoms with van der Waals surface area (Å²) in [5.74, 6) is -2.46. The Morgan fingerprint density at radius 3 is 2.06 bits per heavy atom. The number of amidine groups is 1. The van der Waals surface area contributed by atoms with E-state index in [-0.39, 0.29) is 17.0 Å². The van der Waals surface area contributed by atoms with Crippen LogP contribution in [-0.4, -0.2) is 42.0 Å². The zero-order valence-electron chi connectivity index (χ0n) is 17.2. The Hall–Kier alpha value is -4.09. The van der Waals surface area contributed by atoms with Crippen LogP contribution in [0.4, 0.5) is 10.1 Å². The van der Waals surface area contributed by atoms with Crippen molar-refractivity contribution in [3.8, 4) is 11.1 Å². The molecule has 9 nitrogen and oxygen atoms in total. The lowest BCUT2D eigenvalue weighted by molar-refractivity contribution is 0.0697. The second kappa shape index (κ2) is 10.5. The van der Waals surface area contributed by atoms with E-state index in [1.54, 1.807) is 42.5 Å². The lowest BCUT2D eigenvalue weighted by atomic mass is 9.94. The molecule has 6 N–H and O–H groups in total. The number of halogens is 1. The summed E-state index contributed by atoms with van der Waals surface area (Å²) in [6.07, 6.45) is 0.715. The van der Waals surface area contributed by atoms with Crippen molar-refractivity contribution in [2.45, 2.75) is 0 Å². The Kier molecular flexibility index (Phi) is 8.00. The van der Waals surface area contributed by atoms with E-state index < -0.39 is 27.8 Å². The van der Waals surface area contributed by atoms with Gasteiger partial charge in [0.05, 0.1) is 17.4 Å². The normalized spacial score (nSPS) is 10.5. The van der Waals surface area contributed by atoms with Crippen molar-refractivity contribution in [2.75, 3.05) is 11.6 Å². The first-order valence-corrected chi connectivity index (χ1v) is 11.0. The van der Waals surface area contributed by atoms with Gasteiger partial charge >= 0.3 is 5.97 Å². The molecular formula is C22H20FN3O6S. The highest BCUT2D eigenvalue weighted by Crippen LogP contribution is 2.29. The van der Waals surface area contributed by atoms with Crippen molar-refractivity contribution in [3.05, 3.63) is 89.2 Å². The molecule has 3 aromatic carbocycles. The molecule has 11 heteroatoms. The van der Waals surface area contributed by atoms with E-state index in [9.17, 15) is 27.5 Å². The number of carboxylic acid groups (broad SMARTS) is 1. The van der Waals surface area contributed by atoms with Crippen LogP contribution in [0.1, 0.15) is 26.3 Å². The Labute approximate surface area is 188 Å². The Bertz CT molecular complexity index is 1300. The van der Waals surface area contributed by atoms with Crippen molar-refractivity contribution >= 4 is 33.5 Å². The van der Waals surface area contributed by atoms with Gasteiger partial charge in [-0.1, -0.05) is 24.3 Å². The van der Waals surface area contributed by atoms with Crippen LogP contribution in [-0.2, 0) is 10.1 Å².